The van der Waals surface area contributed by atoms with Gasteiger partial charge in [-0.25, -0.2) is 0 Å². The molecular formula is C32H22N4. The Morgan fingerprint density at radius 2 is 0.750 bits per heavy atom. The molecule has 0 fully saturated rings. The maximum absolute atomic E-state index is 4.62. The van der Waals surface area contributed by atoms with Gasteiger partial charge in [-0.2, -0.15) is 0 Å². The van der Waals surface area contributed by atoms with Crippen LogP contribution in [0.2, 0.25) is 0 Å². The summed E-state index contributed by atoms with van der Waals surface area (Å²) in [6.07, 6.45) is 7.33. The fraction of sp³-hybridized carbons (Fsp3) is 0. The molecule has 0 atom stereocenters. The normalized spacial score (nSPS) is 10.8. The smallest absolute Gasteiger partial charge is 0.0886 e. The molecule has 0 aliphatic heterocycles. The largest absolute Gasteiger partial charge is 0.256 e. The lowest BCUT2D eigenvalue weighted by molar-refractivity contribution is 1.25. The van der Waals surface area contributed by atoms with Crippen molar-refractivity contribution in [3.05, 3.63) is 134 Å². The van der Waals surface area contributed by atoms with Gasteiger partial charge in [0.25, 0.3) is 0 Å². The van der Waals surface area contributed by atoms with Crippen LogP contribution >= 0.6 is 0 Å². The van der Waals surface area contributed by atoms with Crippen molar-refractivity contribution in [3.63, 3.8) is 0 Å². The minimum Gasteiger partial charge on any atom is -0.256 e. The second-order valence-electron chi connectivity index (χ2n) is 8.45. The number of pyridine rings is 4. The zero-order chi connectivity index (χ0) is 24.2. The highest BCUT2D eigenvalue weighted by atomic mass is 14.8. The summed E-state index contributed by atoms with van der Waals surface area (Å²) in [5, 5.41) is 0. The topological polar surface area (TPSA) is 51.6 Å². The monoisotopic (exact) mass is 462 g/mol. The third kappa shape index (κ3) is 4.52. The number of aromatic nitrogens is 4. The van der Waals surface area contributed by atoms with Gasteiger partial charge in [0, 0.05) is 41.5 Å². The van der Waals surface area contributed by atoms with E-state index in [1.807, 2.05) is 79.3 Å². The molecule has 6 aromatic rings. The van der Waals surface area contributed by atoms with Gasteiger partial charge in [0.15, 0.2) is 0 Å². The molecule has 2 aromatic carbocycles. The first-order valence-electron chi connectivity index (χ1n) is 11.8. The first-order chi connectivity index (χ1) is 17.8. The molecule has 36 heavy (non-hydrogen) atoms. The summed E-state index contributed by atoms with van der Waals surface area (Å²) in [7, 11) is 0. The van der Waals surface area contributed by atoms with Crippen LogP contribution in [-0.2, 0) is 0 Å². The Labute approximate surface area is 210 Å². The Balaban J connectivity index is 1.35. The molecule has 0 bridgehead atoms. The van der Waals surface area contributed by atoms with Gasteiger partial charge in [0.2, 0.25) is 0 Å². The van der Waals surface area contributed by atoms with Crippen LogP contribution in [-0.4, -0.2) is 19.9 Å². The minimum atomic E-state index is 0.865. The quantitative estimate of drug-likeness (QED) is 0.265. The molecule has 0 spiro atoms. The third-order valence-electron chi connectivity index (χ3n) is 6.10. The van der Waals surface area contributed by atoms with Crippen molar-refractivity contribution in [1.29, 1.82) is 0 Å². The molecule has 0 amide bonds. The molecule has 0 aliphatic carbocycles. The number of hydrogen-bond acceptors (Lipinski definition) is 4. The highest BCUT2D eigenvalue weighted by molar-refractivity contribution is 5.80. The number of nitrogens with zero attached hydrogens (tertiary/aromatic N) is 4. The maximum atomic E-state index is 4.62. The Morgan fingerprint density at radius 3 is 1.22 bits per heavy atom. The molecule has 0 saturated carbocycles. The first kappa shape index (κ1) is 21.6. The predicted molar refractivity (Wildman–Crippen MR) is 145 cm³/mol. The zero-order valence-electron chi connectivity index (χ0n) is 19.5. The summed E-state index contributed by atoms with van der Waals surface area (Å²) in [6, 6.07) is 37.0. The van der Waals surface area contributed by atoms with E-state index in [2.05, 4.69) is 68.5 Å². The van der Waals surface area contributed by atoms with E-state index in [0.717, 1.165) is 56.2 Å². The fourth-order valence-electron chi connectivity index (χ4n) is 4.24. The number of hydrogen-bond donors (Lipinski definition) is 0. The van der Waals surface area contributed by atoms with Crippen molar-refractivity contribution in [3.8, 4) is 56.2 Å². The molecule has 0 radical (unpaired) electrons. The van der Waals surface area contributed by atoms with Crippen molar-refractivity contribution in [1.82, 2.24) is 19.9 Å². The van der Waals surface area contributed by atoms with Crippen LogP contribution in [0.15, 0.2) is 134 Å². The van der Waals surface area contributed by atoms with Gasteiger partial charge in [-0.05, 0) is 77.4 Å². The van der Waals surface area contributed by atoms with Crippen molar-refractivity contribution < 1.29 is 0 Å². The highest BCUT2D eigenvalue weighted by Crippen LogP contribution is 2.32. The SMILES string of the molecule is c1ccc(-c2cc(-c3ccc(-c4ccc(-c5ccccn5)nc4)cc3)cc(-c3ccccn3)c2)nc1. The van der Waals surface area contributed by atoms with E-state index in [9.17, 15) is 0 Å². The van der Waals surface area contributed by atoms with E-state index < -0.39 is 0 Å². The molecule has 0 unspecified atom stereocenters. The van der Waals surface area contributed by atoms with Crippen LogP contribution < -0.4 is 0 Å². The molecule has 0 N–H and O–H groups in total. The van der Waals surface area contributed by atoms with Crippen molar-refractivity contribution in [2.24, 2.45) is 0 Å². The summed E-state index contributed by atoms with van der Waals surface area (Å²) in [5.41, 5.74) is 10.2. The predicted octanol–water partition coefficient (Wildman–Crippen LogP) is 7.60. The van der Waals surface area contributed by atoms with Gasteiger partial charge < -0.3 is 0 Å². The molecule has 6 rings (SSSR count). The van der Waals surface area contributed by atoms with Gasteiger partial charge in [-0.15, -0.1) is 0 Å². The van der Waals surface area contributed by atoms with Gasteiger partial charge in [0.1, 0.15) is 0 Å². The van der Waals surface area contributed by atoms with E-state index >= 15 is 0 Å². The Morgan fingerprint density at radius 1 is 0.306 bits per heavy atom. The number of rotatable bonds is 5. The third-order valence-corrected chi connectivity index (χ3v) is 6.10. The van der Waals surface area contributed by atoms with E-state index in [4.69, 9.17) is 0 Å². The van der Waals surface area contributed by atoms with Crippen molar-refractivity contribution in [2.75, 3.05) is 0 Å². The minimum absolute atomic E-state index is 0.865. The lowest BCUT2D eigenvalue weighted by Crippen LogP contribution is -1.89. The van der Waals surface area contributed by atoms with E-state index in [-0.39, 0.29) is 0 Å². The average Bonchev–Trinajstić information content (AvgIpc) is 2.98. The first-order valence-corrected chi connectivity index (χ1v) is 11.8. The zero-order valence-corrected chi connectivity index (χ0v) is 19.5. The number of benzene rings is 2. The van der Waals surface area contributed by atoms with Gasteiger partial charge >= 0.3 is 0 Å². The lowest BCUT2D eigenvalue weighted by Gasteiger charge is -2.11. The summed E-state index contributed by atoms with van der Waals surface area (Å²) < 4.78 is 0. The molecule has 4 nitrogen and oxygen atoms in total. The molecule has 0 aliphatic rings. The second-order valence-corrected chi connectivity index (χ2v) is 8.45. The summed E-state index contributed by atoms with van der Waals surface area (Å²) in [5.74, 6) is 0. The van der Waals surface area contributed by atoms with Crippen LogP contribution in [0.5, 0.6) is 0 Å². The average molecular weight is 463 g/mol. The Bertz CT molecular complexity index is 1520. The van der Waals surface area contributed by atoms with Crippen LogP contribution in [0, 0.1) is 0 Å². The molecule has 4 heteroatoms. The van der Waals surface area contributed by atoms with Crippen LogP contribution in [0.25, 0.3) is 56.2 Å². The summed E-state index contributed by atoms with van der Waals surface area (Å²) >= 11 is 0. The summed E-state index contributed by atoms with van der Waals surface area (Å²) in [4.78, 5) is 18.1. The van der Waals surface area contributed by atoms with E-state index in [1.165, 1.54) is 0 Å². The maximum Gasteiger partial charge on any atom is 0.0886 e. The van der Waals surface area contributed by atoms with Crippen LogP contribution in [0.3, 0.4) is 0 Å². The molecular weight excluding hydrogens is 440 g/mol. The van der Waals surface area contributed by atoms with Crippen molar-refractivity contribution in [2.45, 2.75) is 0 Å². The lowest BCUT2D eigenvalue weighted by atomic mass is 9.95. The van der Waals surface area contributed by atoms with Gasteiger partial charge in [-0.1, -0.05) is 48.5 Å². The van der Waals surface area contributed by atoms with E-state index in [1.54, 1.807) is 6.20 Å². The summed E-state index contributed by atoms with van der Waals surface area (Å²) in [6.45, 7) is 0. The molecule has 4 heterocycles. The highest BCUT2D eigenvalue weighted by Gasteiger charge is 2.09. The standard InChI is InChI=1S/C32H22N4/c1-4-16-33-29(7-1)27-19-26(20-28(21-27)30-8-2-5-17-34-30)24-12-10-23(11-13-24)25-14-15-32(36-22-25)31-9-3-6-18-35-31/h1-22H. The van der Waals surface area contributed by atoms with Gasteiger partial charge in [-0.3, -0.25) is 19.9 Å². The van der Waals surface area contributed by atoms with Crippen molar-refractivity contribution >= 4 is 0 Å². The van der Waals surface area contributed by atoms with Gasteiger partial charge in [0.05, 0.1) is 22.8 Å². The van der Waals surface area contributed by atoms with Crippen LogP contribution in [0.1, 0.15) is 0 Å². The molecule has 4 aromatic heterocycles. The second kappa shape index (κ2) is 9.72. The Hall–Kier alpha value is -4.96. The fourth-order valence-corrected chi connectivity index (χ4v) is 4.24. The van der Waals surface area contributed by atoms with E-state index in [0.29, 0.717) is 0 Å². The Kier molecular flexibility index (Phi) is 5.83. The molecule has 170 valence electrons. The molecule has 0 saturated heterocycles. The van der Waals surface area contributed by atoms with Crippen LogP contribution in [0.4, 0.5) is 0 Å².